The highest BCUT2D eigenvalue weighted by atomic mass is 35.5. The summed E-state index contributed by atoms with van der Waals surface area (Å²) in [6, 6.07) is 5.39. The highest BCUT2D eigenvalue weighted by Crippen LogP contribution is 2.36. The molecule has 1 aromatic heterocycles. The van der Waals surface area contributed by atoms with Crippen LogP contribution in [0.2, 0.25) is 5.28 Å². The molecule has 0 radical (unpaired) electrons. The van der Waals surface area contributed by atoms with Crippen LogP contribution in [-0.4, -0.2) is 43.9 Å². The van der Waals surface area contributed by atoms with E-state index < -0.39 is 10.3 Å². The lowest BCUT2D eigenvalue weighted by molar-refractivity contribution is -0.156. The summed E-state index contributed by atoms with van der Waals surface area (Å²) in [5.41, 5.74) is 0.381. The van der Waals surface area contributed by atoms with Crippen LogP contribution >= 0.6 is 23.4 Å². The van der Waals surface area contributed by atoms with E-state index in [4.69, 9.17) is 16.3 Å². The van der Waals surface area contributed by atoms with Crippen LogP contribution in [0.5, 0.6) is 0 Å². The molecule has 2 aromatic rings. The van der Waals surface area contributed by atoms with Gasteiger partial charge in [-0.1, -0.05) is 25.3 Å². The van der Waals surface area contributed by atoms with Gasteiger partial charge in [-0.05, 0) is 89.6 Å². The number of halogens is 2. The summed E-state index contributed by atoms with van der Waals surface area (Å²) >= 11 is 7.28. The van der Waals surface area contributed by atoms with E-state index in [1.54, 1.807) is 26.0 Å². The van der Waals surface area contributed by atoms with Crippen molar-refractivity contribution >= 4 is 41.2 Å². The van der Waals surface area contributed by atoms with Gasteiger partial charge in [-0.2, -0.15) is 15.0 Å². The zero-order valence-electron chi connectivity index (χ0n) is 21.8. The molecule has 1 aromatic carbocycles. The number of hydrogen-bond donors (Lipinski definition) is 2. The van der Waals surface area contributed by atoms with Crippen molar-refractivity contribution in [3.8, 4) is 0 Å². The molecule has 1 heterocycles. The lowest BCUT2D eigenvalue weighted by Crippen LogP contribution is -2.36. The maximum Gasteiger partial charge on any atom is 0.322 e. The number of anilines is 2. The highest BCUT2D eigenvalue weighted by molar-refractivity contribution is 8.01. The van der Waals surface area contributed by atoms with Crippen LogP contribution < -0.4 is 10.6 Å². The normalized spacial score (nSPS) is 15.0. The van der Waals surface area contributed by atoms with Crippen LogP contribution in [0.1, 0.15) is 78.7 Å². The minimum Gasteiger partial charge on any atom is -0.459 e. The molecular formula is C26H37ClFN5O2S. The predicted octanol–water partition coefficient (Wildman–Crippen LogP) is 6.67. The second kappa shape index (κ2) is 12.4. The van der Waals surface area contributed by atoms with E-state index in [2.05, 4.69) is 25.6 Å². The monoisotopic (exact) mass is 537 g/mol. The van der Waals surface area contributed by atoms with E-state index in [1.807, 2.05) is 20.8 Å². The lowest BCUT2D eigenvalue weighted by atomic mass is 9.96. The Labute approximate surface area is 222 Å². The quantitative estimate of drug-likeness (QED) is 0.197. The Bertz CT molecular complexity index is 1040. The Kier molecular flexibility index (Phi) is 9.80. The van der Waals surface area contributed by atoms with Crippen molar-refractivity contribution in [2.24, 2.45) is 0 Å². The maximum atomic E-state index is 14.5. The number of carbonyl (C=O) groups excluding carboxylic acids is 1. The fraction of sp³-hybridized carbons (Fsp3) is 0.615. The van der Waals surface area contributed by atoms with Crippen molar-refractivity contribution in [1.82, 2.24) is 15.0 Å². The van der Waals surface area contributed by atoms with Gasteiger partial charge in [0.05, 0.1) is 0 Å². The van der Waals surface area contributed by atoms with Crippen LogP contribution in [0.4, 0.5) is 16.3 Å². The first-order valence-corrected chi connectivity index (χ1v) is 13.7. The topological polar surface area (TPSA) is 89.0 Å². The van der Waals surface area contributed by atoms with Gasteiger partial charge in [0.25, 0.3) is 0 Å². The first kappa shape index (κ1) is 28.4. The number of hydrogen-bond acceptors (Lipinski definition) is 8. The average Bonchev–Trinajstić information content (AvgIpc) is 2.78. The molecule has 1 saturated carbocycles. The summed E-state index contributed by atoms with van der Waals surface area (Å²) in [5.74, 6) is 0.207. The van der Waals surface area contributed by atoms with Gasteiger partial charge >= 0.3 is 5.97 Å². The molecule has 1 fully saturated rings. The second-order valence-electron chi connectivity index (χ2n) is 10.6. The maximum absolute atomic E-state index is 14.5. The number of thioether (sulfide) groups is 1. The molecule has 0 bridgehead atoms. The van der Waals surface area contributed by atoms with Crippen LogP contribution in [-0.2, 0) is 16.0 Å². The van der Waals surface area contributed by atoms with Crippen LogP contribution in [0, 0.1) is 5.82 Å². The van der Waals surface area contributed by atoms with E-state index in [9.17, 15) is 9.18 Å². The average molecular weight is 538 g/mol. The van der Waals surface area contributed by atoms with Gasteiger partial charge in [0, 0.05) is 17.5 Å². The molecule has 2 N–H and O–H groups in total. The summed E-state index contributed by atoms with van der Waals surface area (Å²) in [7, 11) is 0. The van der Waals surface area contributed by atoms with Crippen molar-refractivity contribution < 1.29 is 13.9 Å². The van der Waals surface area contributed by atoms with E-state index >= 15 is 0 Å². The zero-order chi connectivity index (χ0) is 26.3. The third-order valence-electron chi connectivity index (χ3n) is 5.72. The number of aryl methyl sites for hydroxylation is 1. The van der Waals surface area contributed by atoms with E-state index in [1.165, 1.54) is 37.1 Å². The van der Waals surface area contributed by atoms with Crippen molar-refractivity contribution in [2.75, 3.05) is 17.2 Å². The number of esters is 1. The smallest absolute Gasteiger partial charge is 0.322 e. The number of nitrogens with one attached hydrogen (secondary N) is 2. The minimum absolute atomic E-state index is 0.151. The summed E-state index contributed by atoms with van der Waals surface area (Å²) in [4.78, 5) is 25.8. The second-order valence-corrected chi connectivity index (χ2v) is 12.6. The van der Waals surface area contributed by atoms with Gasteiger partial charge < -0.3 is 15.4 Å². The van der Waals surface area contributed by atoms with Crippen LogP contribution in [0.25, 0.3) is 0 Å². The molecule has 0 amide bonds. The van der Waals surface area contributed by atoms with Crippen LogP contribution in [0.3, 0.4) is 0 Å². The highest BCUT2D eigenvalue weighted by Gasteiger charge is 2.34. The SMILES string of the molecule is CC(C)(C)OC(=O)C(C)(C)Sc1cc(CCCNc2nc(Cl)nc(NC3CCCCC3)n2)ccc1F. The zero-order valence-corrected chi connectivity index (χ0v) is 23.4. The van der Waals surface area contributed by atoms with E-state index in [0.29, 0.717) is 29.4 Å². The Morgan fingerprint density at radius 2 is 1.81 bits per heavy atom. The number of nitrogens with zero attached hydrogens (tertiary/aromatic N) is 3. The first-order valence-electron chi connectivity index (χ1n) is 12.5. The lowest BCUT2D eigenvalue weighted by Gasteiger charge is -2.28. The number of ether oxygens (including phenoxy) is 1. The van der Waals surface area contributed by atoms with Gasteiger partial charge in [-0.25, -0.2) is 4.39 Å². The Hall–Kier alpha value is -2.13. The third kappa shape index (κ3) is 9.07. The Balaban J connectivity index is 1.53. The molecule has 0 saturated heterocycles. The van der Waals surface area contributed by atoms with E-state index in [-0.39, 0.29) is 17.1 Å². The number of benzene rings is 1. The van der Waals surface area contributed by atoms with Gasteiger partial charge in [-0.3, -0.25) is 4.79 Å². The molecule has 1 aliphatic carbocycles. The summed E-state index contributed by atoms with van der Waals surface area (Å²) < 4.78 is 19.1. The molecule has 0 unspecified atom stereocenters. The molecule has 0 spiro atoms. The molecule has 0 atom stereocenters. The van der Waals surface area contributed by atoms with Crippen molar-refractivity contribution in [1.29, 1.82) is 0 Å². The number of rotatable bonds is 10. The van der Waals surface area contributed by atoms with Crippen molar-refractivity contribution in [3.63, 3.8) is 0 Å². The predicted molar refractivity (Wildman–Crippen MR) is 144 cm³/mol. The third-order valence-corrected chi connectivity index (χ3v) is 7.10. The van der Waals surface area contributed by atoms with E-state index in [0.717, 1.165) is 31.2 Å². The fourth-order valence-electron chi connectivity index (χ4n) is 3.91. The van der Waals surface area contributed by atoms with Crippen LogP contribution in [0.15, 0.2) is 23.1 Å². The molecule has 10 heteroatoms. The molecule has 36 heavy (non-hydrogen) atoms. The van der Waals surface area contributed by atoms with Gasteiger partial charge in [0.1, 0.15) is 16.2 Å². The largest absolute Gasteiger partial charge is 0.459 e. The number of aromatic nitrogens is 3. The molecule has 7 nitrogen and oxygen atoms in total. The molecule has 198 valence electrons. The van der Waals surface area contributed by atoms with Gasteiger partial charge in [0.15, 0.2) is 0 Å². The fourth-order valence-corrected chi connectivity index (χ4v) is 5.13. The van der Waals surface area contributed by atoms with Gasteiger partial charge in [0.2, 0.25) is 17.2 Å². The van der Waals surface area contributed by atoms with Crippen molar-refractivity contribution in [2.45, 2.75) is 101 Å². The molecule has 3 rings (SSSR count). The summed E-state index contributed by atoms with van der Waals surface area (Å²) in [5, 5.41) is 6.73. The molecule has 0 aliphatic heterocycles. The summed E-state index contributed by atoms with van der Waals surface area (Å²) in [6.07, 6.45) is 7.42. The Morgan fingerprint density at radius 1 is 1.11 bits per heavy atom. The Morgan fingerprint density at radius 3 is 2.50 bits per heavy atom. The van der Waals surface area contributed by atoms with Crippen molar-refractivity contribution in [3.05, 3.63) is 34.9 Å². The standard InChI is InChI=1S/C26H37ClFN5O2S/c1-25(2,3)35-21(34)26(4,5)36-20-16-17(13-14-19(20)28)10-9-15-29-23-31-22(27)32-24(33-23)30-18-11-7-6-8-12-18/h13-14,16,18H,6-12,15H2,1-5H3,(H2,29,30,31,32,33). The summed E-state index contributed by atoms with van der Waals surface area (Å²) in [6.45, 7) is 9.57. The number of carbonyl (C=O) groups is 1. The van der Waals surface area contributed by atoms with Gasteiger partial charge in [-0.15, -0.1) is 11.8 Å². The molecular weight excluding hydrogens is 501 g/mol. The minimum atomic E-state index is -0.921. The molecule has 1 aliphatic rings. The first-order chi connectivity index (χ1) is 16.9.